The maximum atomic E-state index is 13.1. The van der Waals surface area contributed by atoms with Crippen molar-refractivity contribution in [2.45, 2.75) is 42.1 Å². The fourth-order valence-corrected chi connectivity index (χ4v) is 5.12. The molecule has 1 aliphatic heterocycles. The zero-order chi connectivity index (χ0) is 26.9. The van der Waals surface area contributed by atoms with Crippen molar-refractivity contribution in [2.75, 3.05) is 26.5 Å². The number of pyridine rings is 1. The highest BCUT2D eigenvalue weighted by Gasteiger charge is 2.39. The Balaban J connectivity index is 1.68. The smallest absolute Gasteiger partial charge is 0.425 e. The highest BCUT2D eigenvalue weighted by Crippen LogP contribution is 2.40. The Morgan fingerprint density at radius 3 is 2.31 bits per heavy atom. The van der Waals surface area contributed by atoms with Gasteiger partial charge in [0.15, 0.2) is 15.9 Å². The molecule has 1 aromatic carbocycles. The number of ether oxygens (including phenoxy) is 3. The van der Waals surface area contributed by atoms with Crippen molar-refractivity contribution in [3.8, 4) is 17.4 Å². The zero-order valence-corrected chi connectivity index (χ0v) is 20.8. The van der Waals surface area contributed by atoms with E-state index in [9.17, 15) is 34.8 Å². The van der Waals surface area contributed by atoms with E-state index in [2.05, 4.69) is 4.98 Å². The molecule has 2 heterocycles. The number of nitrogens with zero attached hydrogens (tertiary/aromatic N) is 2. The van der Waals surface area contributed by atoms with Crippen molar-refractivity contribution in [1.29, 1.82) is 0 Å². The number of aromatic nitrogens is 1. The molecule has 1 aliphatic rings. The Morgan fingerprint density at radius 1 is 1.14 bits per heavy atom. The van der Waals surface area contributed by atoms with Crippen LogP contribution >= 0.6 is 11.9 Å². The average molecular weight is 561 g/mol. The molecule has 3 rings (SSSR count). The molecule has 0 N–H and O–H groups in total. The summed E-state index contributed by atoms with van der Waals surface area (Å²) in [6, 6.07) is 4.27. The van der Waals surface area contributed by atoms with Gasteiger partial charge in [-0.2, -0.15) is 26.3 Å². The Kier molecular flexibility index (Phi) is 8.25. The number of halogens is 6. The van der Waals surface area contributed by atoms with Gasteiger partial charge < -0.3 is 14.2 Å². The highest BCUT2D eigenvalue weighted by atomic mass is 32.2. The first kappa shape index (κ1) is 28.2. The maximum absolute atomic E-state index is 13.1. The largest absolute Gasteiger partial charge is 0.495 e. The zero-order valence-electron chi connectivity index (χ0n) is 19.2. The van der Waals surface area contributed by atoms with Crippen molar-refractivity contribution < 1.29 is 49.0 Å². The predicted molar refractivity (Wildman–Crippen MR) is 119 cm³/mol. The van der Waals surface area contributed by atoms with Gasteiger partial charge in [0.25, 0.3) is 0 Å². The Labute approximate surface area is 207 Å². The van der Waals surface area contributed by atoms with E-state index in [1.165, 1.54) is 19.1 Å². The third kappa shape index (κ3) is 6.88. The van der Waals surface area contributed by atoms with E-state index in [1.54, 1.807) is 4.31 Å². The minimum Gasteiger partial charge on any atom is -0.495 e. The molecule has 36 heavy (non-hydrogen) atoms. The van der Waals surface area contributed by atoms with Crippen LogP contribution in [0.3, 0.4) is 0 Å². The Morgan fingerprint density at radius 2 is 1.81 bits per heavy atom. The van der Waals surface area contributed by atoms with E-state index >= 15 is 0 Å². The molecule has 1 saturated heterocycles. The Hall–Kier alpha value is -2.39. The van der Waals surface area contributed by atoms with Crippen LogP contribution in [0.15, 0.2) is 35.4 Å². The lowest BCUT2D eigenvalue weighted by atomic mass is 10.2. The van der Waals surface area contributed by atoms with Crippen molar-refractivity contribution in [2.24, 2.45) is 0 Å². The molecule has 1 aromatic heterocycles. The SMILES string of the molecule is COc1c(S(C)(=O)=O)ccc(O[C@@H](C)C(F)(F)F)c1CSN1CC(Oc2ccc(C(F)(F)F)cn2)C1. The number of benzene rings is 1. The second-order valence-corrected chi connectivity index (χ2v) is 10.9. The quantitative estimate of drug-likeness (QED) is 0.321. The molecule has 7 nitrogen and oxygen atoms in total. The second kappa shape index (κ2) is 10.5. The van der Waals surface area contributed by atoms with Crippen LogP contribution in [0.5, 0.6) is 17.4 Å². The summed E-state index contributed by atoms with van der Waals surface area (Å²) in [4.78, 5) is 3.46. The van der Waals surface area contributed by atoms with Gasteiger partial charge in [-0.25, -0.2) is 17.7 Å². The van der Waals surface area contributed by atoms with E-state index in [-0.39, 0.29) is 39.7 Å². The first-order chi connectivity index (χ1) is 16.6. The molecular weight excluding hydrogens is 538 g/mol. The molecule has 1 atom stereocenters. The molecule has 0 bridgehead atoms. The van der Waals surface area contributed by atoms with Crippen LogP contribution in [0.2, 0.25) is 0 Å². The van der Waals surface area contributed by atoms with E-state index in [0.29, 0.717) is 19.3 Å². The third-order valence-corrected chi connectivity index (χ3v) is 7.31. The van der Waals surface area contributed by atoms with Crippen molar-refractivity contribution in [1.82, 2.24) is 9.29 Å². The fraction of sp³-hybridized carbons (Fsp3) is 0.476. The summed E-state index contributed by atoms with van der Waals surface area (Å²) in [5.74, 6) is -0.229. The monoisotopic (exact) mass is 560 g/mol. The van der Waals surface area contributed by atoms with E-state index < -0.39 is 33.9 Å². The van der Waals surface area contributed by atoms with Crippen LogP contribution in [0.25, 0.3) is 0 Å². The number of hydrogen-bond donors (Lipinski definition) is 0. The summed E-state index contributed by atoms with van der Waals surface area (Å²) in [7, 11) is -2.54. The summed E-state index contributed by atoms with van der Waals surface area (Å²) >= 11 is 1.18. The van der Waals surface area contributed by atoms with E-state index in [0.717, 1.165) is 37.4 Å². The summed E-state index contributed by atoms with van der Waals surface area (Å²) < 4.78 is 119. The van der Waals surface area contributed by atoms with Crippen LogP contribution in [0.1, 0.15) is 18.1 Å². The van der Waals surface area contributed by atoms with Crippen LogP contribution in [0, 0.1) is 0 Å². The Bertz CT molecular complexity index is 1170. The number of methoxy groups -OCH3 is 1. The predicted octanol–water partition coefficient (Wildman–Crippen LogP) is 4.75. The minimum atomic E-state index is -4.64. The normalized spacial score (nSPS) is 16.4. The molecular formula is C21H22F6N2O5S2. The molecule has 200 valence electrons. The lowest BCUT2D eigenvalue weighted by molar-refractivity contribution is -0.189. The van der Waals surface area contributed by atoms with Gasteiger partial charge in [-0.15, -0.1) is 0 Å². The van der Waals surface area contributed by atoms with E-state index in [4.69, 9.17) is 14.2 Å². The minimum absolute atomic E-state index is 0.0250. The second-order valence-electron chi connectivity index (χ2n) is 7.89. The molecule has 2 aromatic rings. The van der Waals surface area contributed by atoms with Gasteiger partial charge in [0.05, 0.1) is 12.7 Å². The first-order valence-corrected chi connectivity index (χ1v) is 13.1. The third-order valence-electron chi connectivity index (χ3n) is 5.11. The number of hydrogen-bond acceptors (Lipinski definition) is 8. The molecule has 0 amide bonds. The lowest BCUT2D eigenvalue weighted by Crippen LogP contribution is -2.50. The van der Waals surface area contributed by atoms with Gasteiger partial charge in [0.2, 0.25) is 5.88 Å². The molecule has 0 unspecified atom stereocenters. The maximum Gasteiger partial charge on any atom is 0.425 e. The number of rotatable bonds is 9. The molecule has 0 saturated carbocycles. The fourth-order valence-electron chi connectivity index (χ4n) is 3.13. The lowest BCUT2D eigenvalue weighted by Gasteiger charge is -2.37. The average Bonchev–Trinajstić information content (AvgIpc) is 2.73. The molecule has 0 spiro atoms. The highest BCUT2D eigenvalue weighted by molar-refractivity contribution is 7.96. The van der Waals surface area contributed by atoms with Crippen LogP contribution in [0.4, 0.5) is 26.3 Å². The van der Waals surface area contributed by atoms with Crippen molar-refractivity contribution in [3.63, 3.8) is 0 Å². The van der Waals surface area contributed by atoms with Crippen LogP contribution in [-0.4, -0.2) is 62.5 Å². The molecule has 0 radical (unpaired) electrons. The summed E-state index contributed by atoms with van der Waals surface area (Å²) in [6.07, 6.45) is -10.0. The van der Waals surface area contributed by atoms with Crippen molar-refractivity contribution >= 4 is 21.8 Å². The standard InChI is InChI=1S/C21H22F6N2O5S2/c1-12(20(22,23)24)33-16-5-6-17(36(3,30)31)19(32-2)15(16)11-35-29-9-14(10-29)34-18-7-4-13(8-28-18)21(25,26)27/h4-8,12,14H,9-11H2,1-3H3/t12-/m0/s1. The molecule has 15 heteroatoms. The van der Waals surface area contributed by atoms with Crippen LogP contribution < -0.4 is 14.2 Å². The van der Waals surface area contributed by atoms with Crippen molar-refractivity contribution in [3.05, 3.63) is 41.6 Å². The van der Waals surface area contributed by atoms with Gasteiger partial charge in [-0.1, -0.05) is 11.9 Å². The van der Waals surface area contributed by atoms with Crippen LogP contribution in [-0.2, 0) is 21.8 Å². The van der Waals surface area contributed by atoms with Gasteiger partial charge in [0.1, 0.15) is 22.5 Å². The van der Waals surface area contributed by atoms with Gasteiger partial charge in [-0.3, -0.25) is 0 Å². The topological polar surface area (TPSA) is 78.0 Å². The summed E-state index contributed by atoms with van der Waals surface area (Å²) in [6.45, 7) is 1.52. The summed E-state index contributed by atoms with van der Waals surface area (Å²) in [5.41, 5.74) is -0.765. The van der Waals surface area contributed by atoms with Gasteiger partial charge in [-0.05, 0) is 25.1 Å². The van der Waals surface area contributed by atoms with E-state index in [1.807, 2.05) is 0 Å². The van der Waals surface area contributed by atoms with Gasteiger partial charge >= 0.3 is 12.4 Å². The molecule has 1 fully saturated rings. The summed E-state index contributed by atoms with van der Waals surface area (Å²) in [5, 5.41) is 0. The first-order valence-electron chi connectivity index (χ1n) is 10.3. The van der Waals surface area contributed by atoms with Gasteiger partial charge in [0, 0.05) is 42.9 Å². The number of sulfone groups is 1. The number of alkyl halides is 6. The molecule has 0 aliphatic carbocycles.